The summed E-state index contributed by atoms with van der Waals surface area (Å²) >= 11 is 0. The van der Waals surface area contributed by atoms with Crippen LogP contribution in [-0.2, 0) is 13.0 Å². The highest BCUT2D eigenvalue weighted by Gasteiger charge is 2.19. The Bertz CT molecular complexity index is 567. The predicted octanol–water partition coefficient (Wildman–Crippen LogP) is 2.63. The van der Waals surface area contributed by atoms with E-state index in [1.165, 1.54) is 25.2 Å². The van der Waals surface area contributed by atoms with Crippen LogP contribution < -0.4 is 5.32 Å². The Hall–Kier alpha value is -1.42. The molecule has 0 saturated carbocycles. The van der Waals surface area contributed by atoms with Gasteiger partial charge in [0.25, 0.3) is 0 Å². The van der Waals surface area contributed by atoms with Gasteiger partial charge in [0.1, 0.15) is 11.3 Å². The summed E-state index contributed by atoms with van der Waals surface area (Å²) in [7, 11) is 0. The van der Waals surface area contributed by atoms with Gasteiger partial charge in [-0.15, -0.1) is 0 Å². The molecular formula is C16H24N4. The third-order valence-corrected chi connectivity index (χ3v) is 4.00. The van der Waals surface area contributed by atoms with E-state index in [1.54, 1.807) is 0 Å². The molecule has 2 aromatic rings. The largest absolute Gasteiger partial charge is 0.316 e. The molecular weight excluding hydrogens is 248 g/mol. The highest BCUT2D eigenvalue weighted by Crippen LogP contribution is 2.21. The molecule has 1 saturated heterocycles. The van der Waals surface area contributed by atoms with Crippen LogP contribution in [0, 0.1) is 11.8 Å². The maximum Gasteiger partial charge on any atom is 0.159 e. The minimum Gasteiger partial charge on any atom is -0.316 e. The van der Waals surface area contributed by atoms with Crippen LogP contribution >= 0.6 is 0 Å². The molecule has 0 amide bonds. The van der Waals surface area contributed by atoms with Crippen molar-refractivity contribution in [1.82, 2.24) is 19.9 Å². The van der Waals surface area contributed by atoms with Gasteiger partial charge in [-0.3, -0.25) is 0 Å². The fourth-order valence-electron chi connectivity index (χ4n) is 3.07. The number of nitrogens with one attached hydrogen (secondary N) is 1. The van der Waals surface area contributed by atoms with Gasteiger partial charge in [-0.2, -0.15) is 0 Å². The SMILES string of the molecule is CC(C)Cn1c(CC2CCCNC2)nc2cccnc21. The molecule has 4 heteroatoms. The molecule has 1 unspecified atom stereocenters. The van der Waals surface area contributed by atoms with E-state index < -0.39 is 0 Å². The first-order valence-corrected chi connectivity index (χ1v) is 7.75. The molecule has 1 aliphatic rings. The van der Waals surface area contributed by atoms with E-state index in [-0.39, 0.29) is 0 Å². The Morgan fingerprint density at radius 1 is 1.45 bits per heavy atom. The zero-order valence-electron chi connectivity index (χ0n) is 12.5. The Kier molecular flexibility index (Phi) is 4.01. The third kappa shape index (κ3) is 2.85. The van der Waals surface area contributed by atoms with E-state index in [4.69, 9.17) is 4.98 Å². The van der Waals surface area contributed by atoms with Gasteiger partial charge in [0.15, 0.2) is 5.65 Å². The van der Waals surface area contributed by atoms with Gasteiger partial charge in [0, 0.05) is 19.2 Å². The van der Waals surface area contributed by atoms with Crippen LogP contribution in [0.4, 0.5) is 0 Å². The normalized spacial score (nSPS) is 19.9. The van der Waals surface area contributed by atoms with Crippen LogP contribution in [0.5, 0.6) is 0 Å². The van der Waals surface area contributed by atoms with Crippen LogP contribution in [0.3, 0.4) is 0 Å². The number of imidazole rings is 1. The van der Waals surface area contributed by atoms with Gasteiger partial charge in [-0.1, -0.05) is 13.8 Å². The Balaban J connectivity index is 1.91. The summed E-state index contributed by atoms with van der Waals surface area (Å²) in [5.41, 5.74) is 2.08. The maximum atomic E-state index is 4.83. The molecule has 1 N–H and O–H groups in total. The van der Waals surface area contributed by atoms with Crippen molar-refractivity contribution in [2.45, 2.75) is 39.7 Å². The maximum absolute atomic E-state index is 4.83. The highest BCUT2D eigenvalue weighted by atomic mass is 15.1. The van der Waals surface area contributed by atoms with Gasteiger partial charge < -0.3 is 9.88 Å². The summed E-state index contributed by atoms with van der Waals surface area (Å²) in [4.78, 5) is 9.37. The number of hydrogen-bond donors (Lipinski definition) is 1. The fraction of sp³-hybridized carbons (Fsp3) is 0.625. The van der Waals surface area contributed by atoms with Crippen molar-refractivity contribution in [3.8, 4) is 0 Å². The Morgan fingerprint density at radius 3 is 3.10 bits per heavy atom. The van der Waals surface area contributed by atoms with Crippen molar-refractivity contribution in [2.24, 2.45) is 11.8 Å². The number of nitrogens with zero attached hydrogens (tertiary/aromatic N) is 3. The number of rotatable bonds is 4. The quantitative estimate of drug-likeness (QED) is 0.930. The smallest absolute Gasteiger partial charge is 0.159 e. The lowest BCUT2D eigenvalue weighted by Crippen LogP contribution is -2.31. The minimum atomic E-state index is 0.609. The first kappa shape index (κ1) is 13.6. The van der Waals surface area contributed by atoms with Crippen LogP contribution in [-0.4, -0.2) is 27.6 Å². The molecule has 2 aromatic heterocycles. The molecule has 0 radical (unpaired) electrons. The lowest BCUT2D eigenvalue weighted by atomic mass is 9.96. The van der Waals surface area contributed by atoms with Crippen LogP contribution in [0.1, 0.15) is 32.5 Å². The number of aromatic nitrogens is 3. The monoisotopic (exact) mass is 272 g/mol. The Morgan fingerprint density at radius 2 is 2.35 bits per heavy atom. The fourth-order valence-corrected chi connectivity index (χ4v) is 3.07. The molecule has 0 aromatic carbocycles. The van der Waals surface area contributed by atoms with Crippen molar-refractivity contribution in [3.63, 3.8) is 0 Å². The molecule has 0 aliphatic carbocycles. The van der Waals surface area contributed by atoms with Crippen molar-refractivity contribution < 1.29 is 0 Å². The van der Waals surface area contributed by atoms with Gasteiger partial charge in [-0.05, 0) is 49.9 Å². The van der Waals surface area contributed by atoms with Crippen molar-refractivity contribution >= 4 is 11.2 Å². The summed E-state index contributed by atoms with van der Waals surface area (Å²) in [6.45, 7) is 7.79. The summed E-state index contributed by atoms with van der Waals surface area (Å²) < 4.78 is 2.33. The molecule has 20 heavy (non-hydrogen) atoms. The van der Waals surface area contributed by atoms with Crippen molar-refractivity contribution in [3.05, 3.63) is 24.2 Å². The van der Waals surface area contributed by atoms with Gasteiger partial charge in [0.05, 0.1) is 0 Å². The summed E-state index contributed by atoms with van der Waals surface area (Å²) in [5.74, 6) is 2.53. The van der Waals surface area contributed by atoms with Gasteiger partial charge in [0.2, 0.25) is 0 Å². The number of pyridine rings is 1. The van der Waals surface area contributed by atoms with Crippen molar-refractivity contribution in [1.29, 1.82) is 0 Å². The number of piperidine rings is 1. The number of hydrogen-bond acceptors (Lipinski definition) is 3. The number of fused-ring (bicyclic) bond motifs is 1. The Labute approximate surface area is 120 Å². The zero-order chi connectivity index (χ0) is 13.9. The average Bonchev–Trinajstić information content (AvgIpc) is 2.78. The van der Waals surface area contributed by atoms with Crippen molar-refractivity contribution in [2.75, 3.05) is 13.1 Å². The molecule has 1 aliphatic heterocycles. The lowest BCUT2D eigenvalue weighted by Gasteiger charge is -2.23. The molecule has 0 spiro atoms. The molecule has 1 fully saturated rings. The summed E-state index contributed by atoms with van der Waals surface area (Å²) in [6.07, 6.45) is 5.53. The topological polar surface area (TPSA) is 42.7 Å². The lowest BCUT2D eigenvalue weighted by molar-refractivity contribution is 0.364. The molecule has 3 heterocycles. The second-order valence-corrected chi connectivity index (χ2v) is 6.30. The average molecular weight is 272 g/mol. The highest BCUT2D eigenvalue weighted by molar-refractivity contribution is 5.71. The van der Waals surface area contributed by atoms with Crippen LogP contribution in [0.15, 0.2) is 18.3 Å². The van der Waals surface area contributed by atoms with Gasteiger partial charge >= 0.3 is 0 Å². The van der Waals surface area contributed by atoms with E-state index in [9.17, 15) is 0 Å². The van der Waals surface area contributed by atoms with Gasteiger partial charge in [-0.25, -0.2) is 9.97 Å². The van der Waals surface area contributed by atoms with E-state index in [1.807, 2.05) is 12.3 Å². The molecule has 4 nitrogen and oxygen atoms in total. The summed E-state index contributed by atoms with van der Waals surface area (Å²) in [5, 5.41) is 3.50. The second-order valence-electron chi connectivity index (χ2n) is 6.30. The zero-order valence-corrected chi connectivity index (χ0v) is 12.5. The van der Waals surface area contributed by atoms with Crippen LogP contribution in [0.2, 0.25) is 0 Å². The van der Waals surface area contributed by atoms with E-state index in [2.05, 4.69) is 34.8 Å². The van der Waals surface area contributed by atoms with Crippen LogP contribution in [0.25, 0.3) is 11.2 Å². The predicted molar refractivity (Wildman–Crippen MR) is 81.7 cm³/mol. The van der Waals surface area contributed by atoms with E-state index >= 15 is 0 Å². The second kappa shape index (κ2) is 5.92. The molecule has 3 rings (SSSR count). The first-order chi connectivity index (χ1) is 9.74. The summed E-state index contributed by atoms with van der Waals surface area (Å²) in [6, 6.07) is 4.04. The first-order valence-electron chi connectivity index (χ1n) is 7.75. The van der Waals surface area contributed by atoms with E-state index in [0.29, 0.717) is 11.8 Å². The molecule has 0 bridgehead atoms. The minimum absolute atomic E-state index is 0.609. The third-order valence-electron chi connectivity index (χ3n) is 4.00. The molecule has 108 valence electrons. The standard InChI is InChI=1S/C16H24N4/c1-12(2)11-20-15(9-13-5-3-7-17-10-13)19-14-6-4-8-18-16(14)20/h4,6,8,12-13,17H,3,5,7,9-11H2,1-2H3. The van der Waals surface area contributed by atoms with E-state index in [0.717, 1.165) is 30.7 Å². The molecule has 1 atom stereocenters.